The van der Waals surface area contributed by atoms with Crippen molar-refractivity contribution in [3.05, 3.63) is 23.8 Å². The van der Waals surface area contributed by atoms with Gasteiger partial charge in [-0.05, 0) is 51.4 Å². The van der Waals surface area contributed by atoms with Crippen LogP contribution in [-0.4, -0.2) is 31.7 Å². The lowest BCUT2D eigenvalue weighted by Gasteiger charge is -2.20. The van der Waals surface area contributed by atoms with Gasteiger partial charge in [-0.15, -0.1) is 0 Å². The first kappa shape index (κ1) is 17.3. The Morgan fingerprint density at radius 1 is 1.19 bits per heavy atom. The lowest BCUT2D eigenvalue weighted by atomic mass is 10.0. The Labute approximate surface area is 126 Å². The Morgan fingerprint density at radius 3 is 2.38 bits per heavy atom. The number of amides is 1. The molecule has 0 heterocycles. The molecule has 5 heteroatoms. The zero-order chi connectivity index (χ0) is 15.8. The van der Waals surface area contributed by atoms with Gasteiger partial charge in [0, 0.05) is 11.6 Å². The molecule has 0 aliphatic carbocycles. The normalized spacial score (nSPS) is 13.4. The second-order valence-electron chi connectivity index (χ2n) is 5.00. The van der Waals surface area contributed by atoms with Crippen LogP contribution in [0.15, 0.2) is 18.2 Å². The number of carbonyl (C=O) groups excluding carboxylic acids is 1. The van der Waals surface area contributed by atoms with Gasteiger partial charge in [0.25, 0.3) is 5.91 Å². The average Bonchev–Trinajstić information content (AvgIpc) is 2.48. The van der Waals surface area contributed by atoms with E-state index in [1.165, 1.54) is 0 Å². The number of benzene rings is 1. The molecule has 0 bridgehead atoms. The van der Waals surface area contributed by atoms with E-state index in [-0.39, 0.29) is 17.9 Å². The van der Waals surface area contributed by atoms with Crippen molar-refractivity contribution in [1.29, 1.82) is 0 Å². The molecule has 118 valence electrons. The van der Waals surface area contributed by atoms with Crippen LogP contribution < -0.4 is 20.5 Å². The molecule has 2 unspecified atom stereocenters. The van der Waals surface area contributed by atoms with E-state index >= 15 is 0 Å². The third-order valence-corrected chi connectivity index (χ3v) is 3.39. The first-order valence-corrected chi connectivity index (χ1v) is 7.44. The van der Waals surface area contributed by atoms with Gasteiger partial charge in [0.1, 0.15) is 0 Å². The molecule has 0 aliphatic rings. The van der Waals surface area contributed by atoms with Crippen molar-refractivity contribution in [2.45, 2.75) is 33.7 Å². The summed E-state index contributed by atoms with van der Waals surface area (Å²) >= 11 is 0. The van der Waals surface area contributed by atoms with Crippen molar-refractivity contribution in [3.8, 4) is 11.5 Å². The van der Waals surface area contributed by atoms with Gasteiger partial charge in [0.15, 0.2) is 11.5 Å². The Hall–Kier alpha value is -1.75. The minimum Gasteiger partial charge on any atom is -0.490 e. The average molecular weight is 294 g/mol. The second-order valence-corrected chi connectivity index (χ2v) is 5.00. The summed E-state index contributed by atoms with van der Waals surface area (Å²) in [7, 11) is 0. The molecule has 0 fully saturated rings. The molecule has 0 aromatic heterocycles. The maximum atomic E-state index is 12.3. The van der Waals surface area contributed by atoms with E-state index in [0.29, 0.717) is 36.8 Å². The molecule has 2 atom stereocenters. The molecule has 0 radical (unpaired) electrons. The van der Waals surface area contributed by atoms with E-state index in [9.17, 15) is 4.79 Å². The van der Waals surface area contributed by atoms with Crippen molar-refractivity contribution < 1.29 is 14.3 Å². The molecule has 5 nitrogen and oxygen atoms in total. The number of nitrogens with two attached hydrogens (primary N) is 1. The first-order valence-electron chi connectivity index (χ1n) is 7.44. The van der Waals surface area contributed by atoms with Gasteiger partial charge < -0.3 is 20.5 Å². The van der Waals surface area contributed by atoms with Crippen LogP contribution in [0.4, 0.5) is 0 Å². The minimum atomic E-state index is -0.133. The van der Waals surface area contributed by atoms with Crippen LogP contribution in [0.25, 0.3) is 0 Å². The number of rotatable bonds is 8. The summed E-state index contributed by atoms with van der Waals surface area (Å²) < 4.78 is 11.0. The van der Waals surface area contributed by atoms with Crippen LogP contribution in [-0.2, 0) is 0 Å². The van der Waals surface area contributed by atoms with Crippen molar-refractivity contribution in [2.75, 3.05) is 19.8 Å². The van der Waals surface area contributed by atoms with Gasteiger partial charge >= 0.3 is 0 Å². The number of hydrogen-bond donors (Lipinski definition) is 2. The smallest absolute Gasteiger partial charge is 0.251 e. The highest BCUT2D eigenvalue weighted by Gasteiger charge is 2.16. The highest BCUT2D eigenvalue weighted by Crippen LogP contribution is 2.28. The standard InChI is InChI=1S/C16H26N2O3/c1-5-20-14-8-7-13(9-15(14)21-6-2)16(19)18-12(4)11(3)10-17/h7-9,11-12H,5-6,10,17H2,1-4H3,(H,18,19). The highest BCUT2D eigenvalue weighted by molar-refractivity contribution is 5.95. The van der Waals surface area contributed by atoms with Gasteiger partial charge in [-0.3, -0.25) is 4.79 Å². The summed E-state index contributed by atoms with van der Waals surface area (Å²) in [4.78, 5) is 12.3. The van der Waals surface area contributed by atoms with E-state index < -0.39 is 0 Å². The van der Waals surface area contributed by atoms with Crippen LogP contribution in [0.2, 0.25) is 0 Å². The molecule has 1 amide bonds. The molecular formula is C16H26N2O3. The second kappa shape index (κ2) is 8.52. The number of ether oxygens (including phenoxy) is 2. The van der Waals surface area contributed by atoms with E-state index in [0.717, 1.165) is 0 Å². The maximum absolute atomic E-state index is 12.3. The molecule has 0 spiro atoms. The lowest BCUT2D eigenvalue weighted by Crippen LogP contribution is -2.39. The summed E-state index contributed by atoms with van der Waals surface area (Å²) in [6.07, 6.45) is 0. The summed E-state index contributed by atoms with van der Waals surface area (Å²) in [5.41, 5.74) is 6.17. The van der Waals surface area contributed by atoms with Gasteiger partial charge in [-0.2, -0.15) is 0 Å². The van der Waals surface area contributed by atoms with Gasteiger partial charge in [0.2, 0.25) is 0 Å². The molecule has 0 aliphatic heterocycles. The lowest BCUT2D eigenvalue weighted by molar-refractivity contribution is 0.0929. The van der Waals surface area contributed by atoms with Crippen molar-refractivity contribution in [3.63, 3.8) is 0 Å². The van der Waals surface area contributed by atoms with E-state index in [2.05, 4.69) is 5.32 Å². The van der Waals surface area contributed by atoms with Crippen LogP contribution in [0.1, 0.15) is 38.1 Å². The van der Waals surface area contributed by atoms with Gasteiger partial charge in [0.05, 0.1) is 13.2 Å². The summed E-state index contributed by atoms with van der Waals surface area (Å²) in [5, 5.41) is 2.95. The predicted octanol–water partition coefficient (Wildman–Crippen LogP) is 2.20. The van der Waals surface area contributed by atoms with Crippen LogP contribution >= 0.6 is 0 Å². The molecule has 0 saturated carbocycles. The van der Waals surface area contributed by atoms with E-state index in [1.54, 1.807) is 18.2 Å². The number of nitrogens with one attached hydrogen (secondary N) is 1. The van der Waals surface area contributed by atoms with E-state index in [1.807, 2.05) is 27.7 Å². The zero-order valence-electron chi connectivity index (χ0n) is 13.3. The predicted molar refractivity (Wildman–Crippen MR) is 83.9 cm³/mol. The topological polar surface area (TPSA) is 73.6 Å². The summed E-state index contributed by atoms with van der Waals surface area (Å²) in [6, 6.07) is 5.23. The Balaban J connectivity index is 2.87. The highest BCUT2D eigenvalue weighted by atomic mass is 16.5. The Bertz CT molecular complexity index is 463. The zero-order valence-corrected chi connectivity index (χ0v) is 13.3. The first-order chi connectivity index (χ1) is 10.0. The van der Waals surface area contributed by atoms with E-state index in [4.69, 9.17) is 15.2 Å². The maximum Gasteiger partial charge on any atom is 0.251 e. The van der Waals surface area contributed by atoms with Crippen molar-refractivity contribution >= 4 is 5.91 Å². The molecular weight excluding hydrogens is 268 g/mol. The van der Waals surface area contributed by atoms with Gasteiger partial charge in [-0.25, -0.2) is 0 Å². The Morgan fingerprint density at radius 2 is 1.81 bits per heavy atom. The fourth-order valence-electron chi connectivity index (χ4n) is 1.83. The summed E-state index contributed by atoms with van der Waals surface area (Å²) in [6.45, 7) is 9.37. The number of hydrogen-bond acceptors (Lipinski definition) is 4. The van der Waals surface area contributed by atoms with Crippen LogP contribution in [0.3, 0.4) is 0 Å². The molecule has 0 saturated heterocycles. The minimum absolute atomic E-state index is 0.0182. The Kier molecular flexibility index (Phi) is 7.02. The molecule has 1 aromatic carbocycles. The summed E-state index contributed by atoms with van der Waals surface area (Å²) in [5.74, 6) is 1.33. The molecule has 1 rings (SSSR count). The van der Waals surface area contributed by atoms with Crippen LogP contribution in [0.5, 0.6) is 11.5 Å². The fourth-order valence-corrected chi connectivity index (χ4v) is 1.83. The monoisotopic (exact) mass is 294 g/mol. The van der Waals surface area contributed by atoms with Gasteiger partial charge in [-0.1, -0.05) is 6.92 Å². The van der Waals surface area contributed by atoms with Crippen molar-refractivity contribution in [1.82, 2.24) is 5.32 Å². The van der Waals surface area contributed by atoms with Crippen molar-refractivity contribution in [2.24, 2.45) is 11.7 Å². The molecule has 1 aromatic rings. The largest absolute Gasteiger partial charge is 0.490 e. The number of carbonyl (C=O) groups is 1. The fraction of sp³-hybridized carbons (Fsp3) is 0.562. The molecule has 21 heavy (non-hydrogen) atoms. The third kappa shape index (κ3) is 4.93. The quantitative estimate of drug-likeness (QED) is 0.771. The third-order valence-electron chi connectivity index (χ3n) is 3.39. The SMILES string of the molecule is CCOc1ccc(C(=O)NC(C)C(C)CN)cc1OCC. The van der Waals surface area contributed by atoms with Crippen LogP contribution in [0, 0.1) is 5.92 Å². The molecule has 3 N–H and O–H groups in total.